The molecule has 2 rings (SSSR count). The molecule has 16 heavy (non-hydrogen) atoms. The summed E-state index contributed by atoms with van der Waals surface area (Å²) in [6.07, 6.45) is 1.01. The molecule has 0 bridgehead atoms. The number of hydrogen-bond donors (Lipinski definition) is 2. The topological polar surface area (TPSA) is 41.1 Å². The first-order chi connectivity index (χ1) is 7.66. The van der Waals surface area contributed by atoms with Crippen LogP contribution in [-0.2, 0) is 0 Å². The summed E-state index contributed by atoms with van der Waals surface area (Å²) in [7, 11) is 0. The van der Waals surface area contributed by atoms with Gasteiger partial charge in [-0.25, -0.2) is 0 Å². The SMILES string of the molecule is Cc1ccc(C(=O)N[C@@H]2CCNC2)c(Br)c1. The number of carbonyl (C=O) groups excluding carboxylic acids is 1. The van der Waals surface area contributed by atoms with Gasteiger partial charge in [0.05, 0.1) is 5.56 Å². The van der Waals surface area contributed by atoms with E-state index >= 15 is 0 Å². The second-order valence-electron chi connectivity index (χ2n) is 4.15. The van der Waals surface area contributed by atoms with E-state index < -0.39 is 0 Å². The van der Waals surface area contributed by atoms with E-state index in [2.05, 4.69) is 26.6 Å². The lowest BCUT2D eigenvalue weighted by molar-refractivity contribution is 0.0939. The molecule has 1 aliphatic rings. The van der Waals surface area contributed by atoms with E-state index in [1.54, 1.807) is 0 Å². The van der Waals surface area contributed by atoms with E-state index in [0.717, 1.165) is 29.5 Å². The summed E-state index contributed by atoms with van der Waals surface area (Å²) in [6, 6.07) is 6.03. The monoisotopic (exact) mass is 282 g/mol. The van der Waals surface area contributed by atoms with E-state index in [1.165, 1.54) is 0 Å². The molecule has 1 atom stereocenters. The molecule has 1 amide bonds. The normalized spacial score (nSPS) is 19.8. The van der Waals surface area contributed by atoms with E-state index in [-0.39, 0.29) is 11.9 Å². The second kappa shape index (κ2) is 4.97. The van der Waals surface area contributed by atoms with Crippen LogP contribution in [0, 0.1) is 6.92 Å². The van der Waals surface area contributed by atoms with Crippen molar-refractivity contribution in [3.63, 3.8) is 0 Å². The van der Waals surface area contributed by atoms with Gasteiger partial charge in [-0.15, -0.1) is 0 Å². The number of nitrogens with one attached hydrogen (secondary N) is 2. The molecule has 0 aromatic heterocycles. The summed E-state index contributed by atoms with van der Waals surface area (Å²) in [6.45, 7) is 3.86. The smallest absolute Gasteiger partial charge is 0.252 e. The minimum Gasteiger partial charge on any atom is -0.348 e. The van der Waals surface area contributed by atoms with Gasteiger partial charge >= 0.3 is 0 Å². The Morgan fingerprint density at radius 1 is 1.56 bits per heavy atom. The molecule has 2 N–H and O–H groups in total. The molecule has 1 fully saturated rings. The van der Waals surface area contributed by atoms with E-state index in [9.17, 15) is 4.79 Å². The molecule has 0 unspecified atom stereocenters. The van der Waals surface area contributed by atoms with Crippen LogP contribution in [0.5, 0.6) is 0 Å². The lowest BCUT2D eigenvalue weighted by Gasteiger charge is -2.12. The van der Waals surface area contributed by atoms with Crippen molar-refractivity contribution in [3.05, 3.63) is 33.8 Å². The van der Waals surface area contributed by atoms with Crippen molar-refractivity contribution in [3.8, 4) is 0 Å². The van der Waals surface area contributed by atoms with Gasteiger partial charge < -0.3 is 10.6 Å². The minimum atomic E-state index is 0.000532. The zero-order valence-electron chi connectivity index (χ0n) is 9.22. The maximum Gasteiger partial charge on any atom is 0.252 e. The molecule has 1 saturated heterocycles. The fourth-order valence-corrected chi connectivity index (χ4v) is 2.52. The Labute approximate surface area is 104 Å². The maximum atomic E-state index is 12.0. The van der Waals surface area contributed by atoms with Gasteiger partial charge in [-0.2, -0.15) is 0 Å². The van der Waals surface area contributed by atoms with Gasteiger partial charge in [-0.05, 0) is 53.5 Å². The molecular formula is C12H15BrN2O. The van der Waals surface area contributed by atoms with Crippen LogP contribution in [0.15, 0.2) is 22.7 Å². The highest BCUT2D eigenvalue weighted by Crippen LogP contribution is 2.18. The predicted molar refractivity (Wildman–Crippen MR) is 67.6 cm³/mol. The molecule has 86 valence electrons. The summed E-state index contributed by atoms with van der Waals surface area (Å²) in [5, 5.41) is 6.25. The molecular weight excluding hydrogens is 268 g/mol. The lowest BCUT2D eigenvalue weighted by atomic mass is 10.1. The van der Waals surface area contributed by atoms with Crippen LogP contribution in [0.3, 0.4) is 0 Å². The largest absolute Gasteiger partial charge is 0.348 e. The number of hydrogen-bond acceptors (Lipinski definition) is 2. The number of benzene rings is 1. The third-order valence-electron chi connectivity index (χ3n) is 2.76. The van der Waals surface area contributed by atoms with Gasteiger partial charge in [0.15, 0.2) is 0 Å². The van der Waals surface area contributed by atoms with Crippen molar-refractivity contribution in [2.75, 3.05) is 13.1 Å². The summed E-state index contributed by atoms with van der Waals surface area (Å²) in [5.41, 5.74) is 1.85. The average molecular weight is 283 g/mol. The Kier molecular flexibility index (Phi) is 3.61. The molecule has 4 heteroatoms. The molecule has 0 saturated carbocycles. The standard InChI is InChI=1S/C12H15BrN2O/c1-8-2-3-10(11(13)6-8)12(16)15-9-4-5-14-7-9/h2-3,6,9,14H,4-5,7H2,1H3,(H,15,16)/t9-/m1/s1. The minimum absolute atomic E-state index is 0.000532. The van der Waals surface area contributed by atoms with Crippen LogP contribution in [-0.4, -0.2) is 25.0 Å². The molecule has 0 aliphatic carbocycles. The Morgan fingerprint density at radius 2 is 2.38 bits per heavy atom. The average Bonchev–Trinajstić information content (AvgIpc) is 2.70. The number of amides is 1. The van der Waals surface area contributed by atoms with Crippen molar-refractivity contribution in [1.29, 1.82) is 0 Å². The van der Waals surface area contributed by atoms with Crippen molar-refractivity contribution in [2.45, 2.75) is 19.4 Å². The van der Waals surface area contributed by atoms with Crippen LogP contribution in [0.2, 0.25) is 0 Å². The molecule has 1 aromatic rings. The summed E-state index contributed by atoms with van der Waals surface area (Å²) >= 11 is 3.42. The molecule has 0 spiro atoms. The number of halogens is 1. The molecule has 3 nitrogen and oxygen atoms in total. The van der Waals surface area contributed by atoms with Crippen LogP contribution >= 0.6 is 15.9 Å². The van der Waals surface area contributed by atoms with Crippen LogP contribution in [0.4, 0.5) is 0 Å². The van der Waals surface area contributed by atoms with Crippen molar-refractivity contribution < 1.29 is 4.79 Å². The van der Waals surface area contributed by atoms with Gasteiger partial charge in [0.1, 0.15) is 0 Å². The van der Waals surface area contributed by atoms with E-state index in [1.807, 2.05) is 25.1 Å². The van der Waals surface area contributed by atoms with Gasteiger partial charge in [-0.1, -0.05) is 6.07 Å². The third-order valence-corrected chi connectivity index (χ3v) is 3.42. The second-order valence-corrected chi connectivity index (χ2v) is 5.00. The first-order valence-electron chi connectivity index (χ1n) is 5.44. The first kappa shape index (κ1) is 11.6. The lowest BCUT2D eigenvalue weighted by Crippen LogP contribution is -2.36. The number of aryl methyl sites for hydroxylation is 1. The molecule has 0 radical (unpaired) electrons. The third kappa shape index (κ3) is 2.62. The van der Waals surface area contributed by atoms with Gasteiger partial charge in [0.25, 0.3) is 5.91 Å². The Bertz CT molecular complexity index is 400. The van der Waals surface area contributed by atoms with Gasteiger partial charge in [-0.3, -0.25) is 4.79 Å². The highest BCUT2D eigenvalue weighted by molar-refractivity contribution is 9.10. The zero-order valence-corrected chi connectivity index (χ0v) is 10.8. The molecule has 1 heterocycles. The fraction of sp³-hybridized carbons (Fsp3) is 0.417. The molecule has 1 aliphatic heterocycles. The summed E-state index contributed by atoms with van der Waals surface area (Å²) < 4.78 is 0.857. The van der Waals surface area contributed by atoms with E-state index in [4.69, 9.17) is 0 Å². The Morgan fingerprint density at radius 3 is 3.00 bits per heavy atom. The number of carbonyl (C=O) groups is 1. The van der Waals surface area contributed by atoms with Crippen molar-refractivity contribution >= 4 is 21.8 Å². The zero-order chi connectivity index (χ0) is 11.5. The Hall–Kier alpha value is -0.870. The molecule has 1 aromatic carbocycles. The summed E-state index contributed by atoms with van der Waals surface area (Å²) in [5.74, 6) is 0.000532. The van der Waals surface area contributed by atoms with Crippen LogP contribution < -0.4 is 10.6 Å². The first-order valence-corrected chi connectivity index (χ1v) is 6.24. The Balaban J connectivity index is 2.08. The van der Waals surface area contributed by atoms with Crippen LogP contribution in [0.25, 0.3) is 0 Å². The van der Waals surface area contributed by atoms with Gasteiger partial charge in [0, 0.05) is 17.1 Å². The fourth-order valence-electron chi connectivity index (χ4n) is 1.85. The van der Waals surface area contributed by atoms with Crippen molar-refractivity contribution in [2.24, 2.45) is 0 Å². The van der Waals surface area contributed by atoms with Gasteiger partial charge in [0.2, 0.25) is 0 Å². The van der Waals surface area contributed by atoms with Crippen molar-refractivity contribution in [1.82, 2.24) is 10.6 Å². The van der Waals surface area contributed by atoms with E-state index in [0.29, 0.717) is 5.56 Å². The quantitative estimate of drug-likeness (QED) is 0.869. The van der Waals surface area contributed by atoms with Crippen LogP contribution in [0.1, 0.15) is 22.3 Å². The number of rotatable bonds is 2. The highest BCUT2D eigenvalue weighted by Gasteiger charge is 2.18. The maximum absolute atomic E-state index is 12.0. The summed E-state index contributed by atoms with van der Waals surface area (Å²) in [4.78, 5) is 12.0. The predicted octanol–water partition coefficient (Wildman–Crippen LogP) is 1.85. The highest BCUT2D eigenvalue weighted by atomic mass is 79.9.